The molecule has 2 aliphatic carbocycles. The maximum Gasteiger partial charge on any atom is 0.276 e. The number of hydrogen-bond donors (Lipinski definition) is 3. The number of alkyl halides is 6. The molecule has 2 heterocycles. The Kier molecular flexibility index (Phi) is 8.40. The summed E-state index contributed by atoms with van der Waals surface area (Å²) in [6.07, 6.45) is -3.46. The first-order chi connectivity index (χ1) is 20.2. The Morgan fingerprint density at radius 1 is 1.14 bits per heavy atom. The normalized spacial score (nSPS) is 19.0. The lowest BCUT2D eigenvalue weighted by Crippen LogP contribution is -2.38. The minimum atomic E-state index is -3.32. The van der Waals surface area contributed by atoms with Gasteiger partial charge in [-0.15, -0.1) is 0 Å². The van der Waals surface area contributed by atoms with Crippen molar-refractivity contribution >= 4 is 22.8 Å². The Balaban J connectivity index is 1.47. The third-order valence-electron chi connectivity index (χ3n) is 7.83. The van der Waals surface area contributed by atoms with Gasteiger partial charge in [0.05, 0.1) is 24.0 Å². The van der Waals surface area contributed by atoms with Gasteiger partial charge < -0.3 is 15.6 Å². The van der Waals surface area contributed by atoms with Gasteiger partial charge in [0, 0.05) is 37.7 Å². The fourth-order valence-corrected chi connectivity index (χ4v) is 5.40. The van der Waals surface area contributed by atoms with E-state index in [9.17, 15) is 35.9 Å². The minimum Gasteiger partial charge on any atom is -0.350 e. The lowest BCUT2D eigenvalue weighted by Gasteiger charge is -2.33. The standard InChI is InChI=1S/C27H29F7N6O3/c1-26(31,32)11-35-24(41)15(10-17(28)29)14-4-5-16-21(18(14)30)37-23(36-16)20(13-6-8-27(33,34)9-7-13)38-25(42)22-19(12-2-3-12)39-43-40-22/h4-5,12-13,15,17,20H,2-3,6-11H2,1H3,(H,35,41)(H,36,37)(H,38,42)/t15-,20+/m1/s1. The van der Waals surface area contributed by atoms with Crippen LogP contribution in [0, 0.1) is 11.7 Å². The molecule has 2 amide bonds. The highest BCUT2D eigenvalue weighted by Gasteiger charge is 2.41. The third kappa shape index (κ3) is 7.09. The first kappa shape index (κ1) is 30.7. The van der Waals surface area contributed by atoms with E-state index in [1.165, 1.54) is 6.07 Å². The van der Waals surface area contributed by atoms with Gasteiger partial charge in [0.25, 0.3) is 11.8 Å². The fourth-order valence-electron chi connectivity index (χ4n) is 5.40. The molecule has 0 spiro atoms. The van der Waals surface area contributed by atoms with E-state index in [1.54, 1.807) is 0 Å². The summed E-state index contributed by atoms with van der Waals surface area (Å²) in [7, 11) is 0. The van der Waals surface area contributed by atoms with Crippen LogP contribution in [0.3, 0.4) is 0 Å². The number of fused-ring (bicyclic) bond motifs is 1. The molecule has 9 nitrogen and oxygen atoms in total. The lowest BCUT2D eigenvalue weighted by molar-refractivity contribution is -0.125. The zero-order chi connectivity index (χ0) is 31.1. The number of amides is 2. The summed E-state index contributed by atoms with van der Waals surface area (Å²) < 4.78 is 102. The topological polar surface area (TPSA) is 126 Å². The van der Waals surface area contributed by atoms with E-state index < -0.39 is 85.2 Å². The van der Waals surface area contributed by atoms with E-state index in [2.05, 4.69) is 25.6 Å². The Bertz CT molecular complexity index is 1470. The number of aromatic nitrogens is 4. The van der Waals surface area contributed by atoms with Crippen molar-refractivity contribution in [2.45, 2.75) is 88.0 Å². The van der Waals surface area contributed by atoms with Crippen LogP contribution in [-0.2, 0) is 4.79 Å². The number of benzene rings is 1. The zero-order valence-corrected chi connectivity index (χ0v) is 22.9. The summed E-state index contributed by atoms with van der Waals surface area (Å²) in [5, 5.41) is 12.1. The van der Waals surface area contributed by atoms with Crippen molar-refractivity contribution in [1.29, 1.82) is 0 Å². The first-order valence-corrected chi connectivity index (χ1v) is 13.9. The molecule has 2 fully saturated rings. The number of nitrogens with zero attached hydrogens (tertiary/aromatic N) is 3. The van der Waals surface area contributed by atoms with Crippen molar-refractivity contribution in [2.75, 3.05) is 6.54 Å². The number of carbonyl (C=O) groups is 2. The average Bonchev–Trinajstić information content (AvgIpc) is 3.47. The molecule has 2 aromatic heterocycles. The molecule has 2 aliphatic rings. The van der Waals surface area contributed by atoms with Crippen molar-refractivity contribution in [1.82, 2.24) is 30.9 Å². The van der Waals surface area contributed by atoms with E-state index in [1.807, 2.05) is 5.32 Å². The molecule has 0 radical (unpaired) electrons. The number of imidazole rings is 1. The summed E-state index contributed by atoms with van der Waals surface area (Å²) in [5.74, 6) is -11.6. The molecular weight excluding hydrogens is 589 g/mol. The monoisotopic (exact) mass is 618 g/mol. The second-order valence-corrected chi connectivity index (χ2v) is 11.4. The predicted molar refractivity (Wildman–Crippen MR) is 136 cm³/mol. The lowest BCUT2D eigenvalue weighted by atomic mass is 9.81. The molecule has 3 aromatic rings. The van der Waals surface area contributed by atoms with Gasteiger partial charge in [-0.3, -0.25) is 9.59 Å². The number of carbonyl (C=O) groups excluding carboxylic acids is 2. The largest absolute Gasteiger partial charge is 0.350 e. The number of nitrogens with one attached hydrogen (secondary N) is 3. The van der Waals surface area contributed by atoms with Crippen LogP contribution in [0.1, 0.15) is 97.3 Å². The Morgan fingerprint density at radius 2 is 1.84 bits per heavy atom. The van der Waals surface area contributed by atoms with Gasteiger partial charge in [-0.25, -0.2) is 40.3 Å². The van der Waals surface area contributed by atoms with E-state index >= 15 is 4.39 Å². The molecule has 0 aliphatic heterocycles. The van der Waals surface area contributed by atoms with Crippen LogP contribution in [0.25, 0.3) is 11.0 Å². The van der Waals surface area contributed by atoms with Crippen LogP contribution >= 0.6 is 0 Å². The minimum absolute atomic E-state index is 0.00790. The summed E-state index contributed by atoms with van der Waals surface area (Å²) in [6.45, 7) is -0.602. The van der Waals surface area contributed by atoms with E-state index in [4.69, 9.17) is 4.63 Å². The highest BCUT2D eigenvalue weighted by molar-refractivity contribution is 5.93. The van der Waals surface area contributed by atoms with Gasteiger partial charge in [-0.05, 0) is 42.8 Å². The number of H-pyrrole nitrogens is 1. The van der Waals surface area contributed by atoms with Gasteiger partial charge in [0.15, 0.2) is 11.5 Å². The van der Waals surface area contributed by atoms with Crippen molar-refractivity contribution in [3.63, 3.8) is 0 Å². The Morgan fingerprint density at radius 3 is 2.47 bits per heavy atom. The fraction of sp³-hybridized carbons (Fsp3) is 0.593. The summed E-state index contributed by atoms with van der Waals surface area (Å²) in [6, 6.07) is 1.36. The van der Waals surface area contributed by atoms with Crippen LogP contribution in [0.4, 0.5) is 30.7 Å². The molecule has 3 N–H and O–H groups in total. The SMILES string of the molecule is CC(F)(F)CNC(=O)[C@H](CC(F)F)c1ccc2[nH]c([C@@H](NC(=O)c3nonc3C3CC3)C3CCC(F)(F)CC3)nc2c1F. The molecule has 2 atom stereocenters. The van der Waals surface area contributed by atoms with Gasteiger partial charge in [-0.2, -0.15) is 0 Å². The van der Waals surface area contributed by atoms with Crippen molar-refractivity contribution in [3.05, 3.63) is 40.7 Å². The van der Waals surface area contributed by atoms with Crippen LogP contribution < -0.4 is 10.6 Å². The number of rotatable bonds is 11. The van der Waals surface area contributed by atoms with Gasteiger partial charge in [-0.1, -0.05) is 11.2 Å². The average molecular weight is 619 g/mol. The molecule has 43 heavy (non-hydrogen) atoms. The van der Waals surface area contributed by atoms with E-state index in [0.29, 0.717) is 12.6 Å². The molecule has 5 rings (SSSR count). The molecule has 2 saturated carbocycles. The van der Waals surface area contributed by atoms with Crippen LogP contribution in [-0.4, -0.2) is 56.9 Å². The predicted octanol–water partition coefficient (Wildman–Crippen LogP) is 5.77. The first-order valence-electron chi connectivity index (χ1n) is 13.9. The summed E-state index contributed by atoms with van der Waals surface area (Å²) in [5.41, 5.74) is -0.451. The second kappa shape index (κ2) is 11.8. The molecule has 0 unspecified atom stereocenters. The van der Waals surface area contributed by atoms with Crippen molar-refractivity contribution in [2.24, 2.45) is 5.92 Å². The number of halogens is 7. The van der Waals surface area contributed by atoms with E-state index in [-0.39, 0.29) is 41.3 Å². The van der Waals surface area contributed by atoms with Crippen LogP contribution in [0.2, 0.25) is 0 Å². The Labute approximate surface area is 240 Å². The third-order valence-corrected chi connectivity index (χ3v) is 7.83. The van der Waals surface area contributed by atoms with Gasteiger partial charge in [0.1, 0.15) is 17.0 Å². The quantitative estimate of drug-likeness (QED) is 0.235. The van der Waals surface area contributed by atoms with Crippen LogP contribution in [0.5, 0.6) is 0 Å². The molecule has 0 saturated heterocycles. The molecule has 16 heteroatoms. The maximum absolute atomic E-state index is 15.8. The molecular formula is C27H29F7N6O3. The van der Waals surface area contributed by atoms with Crippen molar-refractivity contribution < 1.29 is 45.0 Å². The van der Waals surface area contributed by atoms with E-state index in [0.717, 1.165) is 18.9 Å². The number of aromatic amines is 1. The Hall–Kier alpha value is -3.72. The summed E-state index contributed by atoms with van der Waals surface area (Å²) in [4.78, 5) is 33.0. The highest BCUT2D eigenvalue weighted by atomic mass is 19.3. The number of hydrogen-bond acceptors (Lipinski definition) is 6. The molecule has 0 bridgehead atoms. The second-order valence-electron chi connectivity index (χ2n) is 11.4. The maximum atomic E-state index is 15.8. The van der Waals surface area contributed by atoms with Crippen LogP contribution in [0.15, 0.2) is 16.8 Å². The smallest absolute Gasteiger partial charge is 0.276 e. The summed E-state index contributed by atoms with van der Waals surface area (Å²) >= 11 is 0. The zero-order valence-electron chi connectivity index (χ0n) is 22.9. The van der Waals surface area contributed by atoms with Crippen molar-refractivity contribution in [3.8, 4) is 0 Å². The molecule has 1 aromatic carbocycles. The molecule has 234 valence electrons. The van der Waals surface area contributed by atoms with Gasteiger partial charge >= 0.3 is 0 Å². The van der Waals surface area contributed by atoms with Gasteiger partial charge in [0.2, 0.25) is 18.3 Å². The highest BCUT2D eigenvalue weighted by Crippen LogP contribution is 2.43.